The van der Waals surface area contributed by atoms with Gasteiger partial charge in [0.25, 0.3) is 5.91 Å². The number of aliphatic hydroxyl groups is 1. The van der Waals surface area contributed by atoms with E-state index in [1.54, 1.807) is 31.3 Å². The van der Waals surface area contributed by atoms with Crippen molar-refractivity contribution < 1.29 is 24.2 Å². The van der Waals surface area contributed by atoms with Crippen molar-refractivity contribution in [3.63, 3.8) is 0 Å². The third kappa shape index (κ3) is 7.81. The Bertz CT molecular complexity index is 1040. The number of rotatable bonds is 11. The van der Waals surface area contributed by atoms with Gasteiger partial charge in [-0.05, 0) is 62.3 Å². The van der Waals surface area contributed by atoms with Crippen molar-refractivity contribution in [2.75, 3.05) is 39.8 Å². The molecule has 0 bridgehead atoms. The first-order valence-corrected chi connectivity index (χ1v) is 15.0. The molecule has 0 unspecified atom stereocenters. The highest BCUT2D eigenvalue weighted by molar-refractivity contribution is 6.00. The van der Waals surface area contributed by atoms with Crippen LogP contribution in [0.25, 0.3) is 0 Å². The molecule has 0 aromatic heterocycles. The molecular weight excluding hydrogens is 544 g/mol. The van der Waals surface area contributed by atoms with Gasteiger partial charge >= 0.3 is 0 Å². The number of carbonyl (C=O) groups is 3. The van der Waals surface area contributed by atoms with Gasteiger partial charge in [0.2, 0.25) is 11.8 Å². The smallest absolute Gasteiger partial charge is 0.251 e. The molecule has 1 saturated carbocycles. The van der Waals surface area contributed by atoms with Gasteiger partial charge in [-0.15, -0.1) is 12.4 Å². The highest BCUT2D eigenvalue weighted by atomic mass is 35.5. The minimum absolute atomic E-state index is 0. The number of nitrogens with one attached hydrogen (secondary N) is 2. The first-order chi connectivity index (χ1) is 19.4. The van der Waals surface area contributed by atoms with Crippen LogP contribution in [0.2, 0.25) is 0 Å². The first-order valence-electron chi connectivity index (χ1n) is 15.0. The van der Waals surface area contributed by atoms with Crippen LogP contribution in [0.4, 0.5) is 0 Å². The van der Waals surface area contributed by atoms with Gasteiger partial charge < -0.3 is 25.4 Å². The molecule has 4 rings (SSSR count). The lowest BCUT2D eigenvalue weighted by atomic mass is 9.78. The van der Waals surface area contributed by atoms with Crippen molar-refractivity contribution in [3.05, 3.63) is 42.0 Å². The van der Waals surface area contributed by atoms with E-state index in [9.17, 15) is 19.5 Å². The normalized spacial score (nSPS) is 22.3. The lowest BCUT2D eigenvalue weighted by Crippen LogP contribution is -2.75. The second-order valence-electron chi connectivity index (χ2n) is 11.4. The summed E-state index contributed by atoms with van der Waals surface area (Å²) >= 11 is 0. The maximum absolute atomic E-state index is 13.7. The van der Waals surface area contributed by atoms with Gasteiger partial charge in [-0.3, -0.25) is 19.3 Å². The first kappa shape index (κ1) is 32.9. The zero-order valence-corrected chi connectivity index (χ0v) is 25.3. The third-order valence-electron chi connectivity index (χ3n) is 8.87. The van der Waals surface area contributed by atoms with E-state index in [2.05, 4.69) is 28.5 Å². The Labute approximate surface area is 250 Å². The van der Waals surface area contributed by atoms with Crippen molar-refractivity contribution in [2.45, 2.75) is 82.4 Å². The summed E-state index contributed by atoms with van der Waals surface area (Å²) in [5, 5.41) is 16.7. The number of piperazine rings is 1. The van der Waals surface area contributed by atoms with Gasteiger partial charge in [0.05, 0.1) is 6.10 Å². The molecule has 3 amide bonds. The summed E-state index contributed by atoms with van der Waals surface area (Å²) in [4.78, 5) is 43.1. The number of aliphatic hydroxyl groups excluding tert-OH is 1. The van der Waals surface area contributed by atoms with Crippen LogP contribution in [-0.4, -0.2) is 90.1 Å². The molecule has 3 N–H and O–H groups in total. The molecule has 2 saturated heterocycles. The fourth-order valence-corrected chi connectivity index (χ4v) is 6.34. The van der Waals surface area contributed by atoms with E-state index in [0.29, 0.717) is 50.4 Å². The van der Waals surface area contributed by atoms with E-state index in [0.717, 1.165) is 45.1 Å². The quantitative estimate of drug-likeness (QED) is 0.341. The molecule has 3 aliphatic rings. The fourth-order valence-electron chi connectivity index (χ4n) is 6.34. The Morgan fingerprint density at radius 2 is 1.83 bits per heavy atom. The average molecular weight is 591 g/mol. The lowest BCUT2D eigenvalue weighted by molar-refractivity contribution is -0.165. The number of amides is 3. The Morgan fingerprint density at radius 1 is 1.15 bits per heavy atom. The molecule has 41 heavy (non-hydrogen) atoms. The van der Waals surface area contributed by atoms with Crippen LogP contribution in [0.3, 0.4) is 0 Å². The topological polar surface area (TPSA) is 111 Å². The monoisotopic (exact) mass is 590 g/mol. The molecule has 1 aromatic rings. The molecular formula is C31H47ClN4O5. The van der Waals surface area contributed by atoms with Crippen LogP contribution in [0.5, 0.6) is 5.75 Å². The number of carbonyl (C=O) groups excluding carboxylic acids is 3. The summed E-state index contributed by atoms with van der Waals surface area (Å²) in [5.74, 6) is 0.429. The van der Waals surface area contributed by atoms with Gasteiger partial charge in [-0.25, -0.2) is 0 Å². The van der Waals surface area contributed by atoms with Crippen LogP contribution in [0, 0.1) is 5.92 Å². The molecule has 3 fully saturated rings. The lowest BCUT2D eigenvalue weighted by Gasteiger charge is -2.52. The highest BCUT2D eigenvalue weighted by Gasteiger charge is 2.55. The van der Waals surface area contributed by atoms with Gasteiger partial charge in [-0.2, -0.15) is 0 Å². The van der Waals surface area contributed by atoms with Crippen LogP contribution >= 0.6 is 12.4 Å². The number of halogens is 1. The SMILES string of the molecule is CCCCN1C(=O)[C@@H]([C@H](O)C2CCCCC2)NC(=O)C12CCN(C/C=C/COc1ccc(C(=O)NC)cc1)CC2.Cl. The van der Waals surface area contributed by atoms with E-state index >= 15 is 0 Å². The Morgan fingerprint density at radius 3 is 2.46 bits per heavy atom. The molecule has 2 aliphatic heterocycles. The predicted octanol–water partition coefficient (Wildman–Crippen LogP) is 3.31. The summed E-state index contributed by atoms with van der Waals surface area (Å²) < 4.78 is 5.75. The van der Waals surface area contributed by atoms with Crippen molar-refractivity contribution in [2.24, 2.45) is 5.92 Å². The van der Waals surface area contributed by atoms with Gasteiger partial charge in [0.15, 0.2) is 0 Å². The number of ether oxygens (including phenoxy) is 1. The Balaban J connectivity index is 0.00000462. The number of likely N-dealkylation sites (tertiary alicyclic amines) is 1. The second-order valence-corrected chi connectivity index (χ2v) is 11.4. The molecule has 2 atom stereocenters. The standard InChI is InChI=1S/C31H46N4O5.ClH/c1-3-4-19-35-29(38)26(27(36)23-10-6-5-7-11-23)33-30(39)31(35)16-20-34(21-17-31)18-8-9-22-40-25-14-12-24(13-15-25)28(37)32-2;/h8-9,12-15,23,26-27,36H,3-7,10-11,16-22H2,1-2H3,(H,32,37)(H,33,39);1H/b9-8+;/t26-,27-;/m1./s1. The summed E-state index contributed by atoms with van der Waals surface area (Å²) in [6, 6.07) is 6.19. The van der Waals surface area contributed by atoms with Crippen molar-refractivity contribution in [1.29, 1.82) is 0 Å². The Kier molecular flexibility index (Phi) is 12.5. The minimum atomic E-state index is -0.834. The summed E-state index contributed by atoms with van der Waals surface area (Å²) in [6.45, 7) is 5.23. The number of unbranched alkanes of at least 4 members (excludes halogenated alkanes) is 1. The summed E-state index contributed by atoms with van der Waals surface area (Å²) in [6.07, 6.45) is 11.3. The summed E-state index contributed by atoms with van der Waals surface area (Å²) in [7, 11) is 1.60. The largest absolute Gasteiger partial charge is 0.490 e. The maximum atomic E-state index is 13.7. The molecule has 1 aromatic carbocycles. The third-order valence-corrected chi connectivity index (χ3v) is 8.87. The van der Waals surface area contributed by atoms with Crippen LogP contribution in [-0.2, 0) is 9.59 Å². The number of piperidine rings is 1. The second kappa shape index (κ2) is 15.6. The predicted molar refractivity (Wildman–Crippen MR) is 161 cm³/mol. The molecule has 0 radical (unpaired) electrons. The molecule has 1 aliphatic carbocycles. The number of benzene rings is 1. The van der Waals surface area contributed by atoms with E-state index in [1.165, 1.54) is 6.42 Å². The molecule has 1 spiro atoms. The minimum Gasteiger partial charge on any atom is -0.490 e. The molecule has 2 heterocycles. The van der Waals surface area contributed by atoms with Crippen molar-refractivity contribution in [3.8, 4) is 5.75 Å². The van der Waals surface area contributed by atoms with Crippen molar-refractivity contribution in [1.82, 2.24) is 20.4 Å². The van der Waals surface area contributed by atoms with Crippen LogP contribution in [0.1, 0.15) is 75.1 Å². The number of hydrogen-bond donors (Lipinski definition) is 3. The zero-order chi connectivity index (χ0) is 28.5. The van der Waals surface area contributed by atoms with Gasteiger partial charge in [0, 0.05) is 38.8 Å². The molecule has 10 heteroatoms. The van der Waals surface area contributed by atoms with E-state index < -0.39 is 17.7 Å². The van der Waals surface area contributed by atoms with Crippen molar-refractivity contribution >= 4 is 30.1 Å². The van der Waals surface area contributed by atoms with Gasteiger partial charge in [0.1, 0.15) is 23.9 Å². The Hall–Kier alpha value is -2.62. The number of nitrogens with zero attached hydrogens (tertiary/aromatic N) is 2. The van der Waals surface area contributed by atoms with E-state index in [4.69, 9.17) is 4.74 Å². The van der Waals surface area contributed by atoms with Crippen LogP contribution < -0.4 is 15.4 Å². The average Bonchev–Trinajstić information content (AvgIpc) is 2.99. The maximum Gasteiger partial charge on any atom is 0.251 e. The molecule has 9 nitrogen and oxygen atoms in total. The van der Waals surface area contributed by atoms with E-state index in [-0.39, 0.29) is 36.0 Å². The van der Waals surface area contributed by atoms with E-state index in [1.807, 2.05) is 11.0 Å². The summed E-state index contributed by atoms with van der Waals surface area (Å²) in [5.41, 5.74) is -0.245. The zero-order valence-electron chi connectivity index (χ0n) is 24.5. The van der Waals surface area contributed by atoms with Crippen LogP contribution in [0.15, 0.2) is 36.4 Å². The van der Waals surface area contributed by atoms with Gasteiger partial charge in [-0.1, -0.05) is 44.8 Å². The molecule has 228 valence electrons. The number of hydrogen-bond acceptors (Lipinski definition) is 6. The fraction of sp³-hybridized carbons (Fsp3) is 0.645. The highest BCUT2D eigenvalue weighted by Crippen LogP contribution is 2.36.